The van der Waals surface area contributed by atoms with Gasteiger partial charge >= 0.3 is 0 Å². The fraction of sp³-hybridized carbons (Fsp3) is 0.350. The first kappa shape index (κ1) is 22.6. The van der Waals surface area contributed by atoms with Gasteiger partial charge in [0.25, 0.3) is 0 Å². The van der Waals surface area contributed by atoms with Crippen LogP contribution in [0, 0.1) is 0 Å². The normalized spacial score (nSPS) is 10.1. The molecule has 3 nitrogen and oxygen atoms in total. The second-order valence-corrected chi connectivity index (χ2v) is 5.71. The number of nitrogens with zero attached hydrogens (tertiary/aromatic N) is 2. The highest BCUT2D eigenvalue weighted by Crippen LogP contribution is 2.17. The van der Waals surface area contributed by atoms with Gasteiger partial charge in [0.05, 0.1) is 0 Å². The number of benzene rings is 1. The quantitative estimate of drug-likeness (QED) is 0.456. The average Bonchev–Trinajstić information content (AvgIpc) is 2.55. The summed E-state index contributed by atoms with van der Waals surface area (Å²) in [5.74, 6) is 0. The van der Waals surface area contributed by atoms with Gasteiger partial charge in [0.15, 0.2) is 12.4 Å². The van der Waals surface area contributed by atoms with E-state index in [0.717, 1.165) is 13.1 Å². The summed E-state index contributed by atoms with van der Waals surface area (Å²) in [5, 5.41) is 0. The van der Waals surface area contributed by atoms with E-state index in [-0.39, 0.29) is 29.5 Å². The van der Waals surface area contributed by atoms with Crippen LogP contribution in [0.5, 0.6) is 0 Å². The molecule has 0 atom stereocenters. The predicted octanol–water partition coefficient (Wildman–Crippen LogP) is 0.487. The highest BCUT2D eigenvalue weighted by molar-refractivity contribution is 5.70. The van der Waals surface area contributed by atoms with Gasteiger partial charge in [-0.1, -0.05) is 38.1 Å². The summed E-state index contributed by atoms with van der Waals surface area (Å²) in [6, 6.07) is 13.1. The van der Waals surface area contributed by atoms with Gasteiger partial charge in [0, 0.05) is 30.9 Å². The van der Waals surface area contributed by atoms with Crippen LogP contribution in [0.4, 0.5) is 5.69 Å². The van der Waals surface area contributed by atoms with E-state index in [9.17, 15) is 0 Å². The Labute approximate surface area is 163 Å². The zero-order chi connectivity index (χ0) is 15.8. The molecular weight excluding hydrogens is 411 g/mol. The summed E-state index contributed by atoms with van der Waals surface area (Å²) in [6.07, 6.45) is 10.8. The van der Waals surface area contributed by atoms with Crippen molar-refractivity contribution in [2.75, 3.05) is 18.0 Å². The van der Waals surface area contributed by atoms with Gasteiger partial charge in [0.1, 0.15) is 7.05 Å². The van der Waals surface area contributed by atoms with E-state index in [4.69, 9.17) is 0 Å². The molecule has 0 aliphatic rings. The molecular formula is C20H29IN2O. The first-order valence-electron chi connectivity index (χ1n) is 8.21. The molecule has 0 bridgehead atoms. The zero-order valence-electron chi connectivity index (χ0n) is 14.9. The van der Waals surface area contributed by atoms with Crippen molar-refractivity contribution in [1.29, 1.82) is 0 Å². The lowest BCUT2D eigenvalue weighted by atomic mass is 10.1. The van der Waals surface area contributed by atoms with E-state index in [0.29, 0.717) is 0 Å². The average molecular weight is 440 g/mol. The van der Waals surface area contributed by atoms with Crippen molar-refractivity contribution in [3.63, 3.8) is 0 Å². The van der Waals surface area contributed by atoms with Crippen LogP contribution in [0.3, 0.4) is 0 Å². The Kier molecular flexibility index (Phi) is 11.3. The van der Waals surface area contributed by atoms with Crippen molar-refractivity contribution >= 4 is 17.8 Å². The number of halogens is 1. The van der Waals surface area contributed by atoms with Crippen molar-refractivity contribution in [3.8, 4) is 0 Å². The molecule has 0 saturated heterocycles. The minimum Gasteiger partial charge on any atom is -1.00 e. The van der Waals surface area contributed by atoms with Crippen LogP contribution in [-0.2, 0) is 7.05 Å². The number of anilines is 1. The number of aryl methyl sites for hydroxylation is 1. The van der Waals surface area contributed by atoms with Crippen LogP contribution in [0.2, 0.25) is 0 Å². The Balaban J connectivity index is 0.00000264. The van der Waals surface area contributed by atoms with E-state index in [2.05, 4.69) is 79.7 Å². The standard InChI is InChI=1S/C20H27N2.HI.H2O/c1-4-14-22(15-5-2)20-10-8-18(9-11-20)6-7-19-12-16-21(3)17-13-19;;/h6-13,16-17H,4-5,14-15H2,1-3H3;1H;1H2/q+1;;/p-1. The largest absolute Gasteiger partial charge is 1.00 e. The van der Waals surface area contributed by atoms with Gasteiger partial charge < -0.3 is 34.4 Å². The minimum atomic E-state index is 0. The summed E-state index contributed by atoms with van der Waals surface area (Å²) in [5.41, 5.74) is 3.79. The summed E-state index contributed by atoms with van der Waals surface area (Å²) >= 11 is 0. The number of hydrogen-bond donors (Lipinski definition) is 0. The molecule has 2 N–H and O–H groups in total. The second-order valence-electron chi connectivity index (χ2n) is 5.71. The van der Waals surface area contributed by atoms with Gasteiger partial charge in [0.2, 0.25) is 0 Å². The molecule has 1 aromatic carbocycles. The van der Waals surface area contributed by atoms with Crippen LogP contribution in [0.25, 0.3) is 12.2 Å². The fourth-order valence-corrected chi connectivity index (χ4v) is 2.52. The Morgan fingerprint density at radius 2 is 1.29 bits per heavy atom. The number of aromatic nitrogens is 1. The zero-order valence-corrected chi connectivity index (χ0v) is 17.0. The van der Waals surface area contributed by atoms with Crippen LogP contribution < -0.4 is 33.4 Å². The third-order valence-electron chi connectivity index (χ3n) is 3.72. The Morgan fingerprint density at radius 3 is 1.75 bits per heavy atom. The molecule has 0 amide bonds. The minimum absolute atomic E-state index is 0. The molecule has 132 valence electrons. The maximum Gasteiger partial charge on any atom is 0.169 e. The monoisotopic (exact) mass is 440 g/mol. The molecule has 4 heteroatoms. The third-order valence-corrected chi connectivity index (χ3v) is 3.72. The highest BCUT2D eigenvalue weighted by Gasteiger charge is 2.03. The van der Waals surface area contributed by atoms with Crippen molar-refractivity contribution in [1.82, 2.24) is 0 Å². The van der Waals surface area contributed by atoms with E-state index in [1.165, 1.54) is 29.7 Å². The highest BCUT2D eigenvalue weighted by atomic mass is 127. The molecule has 1 aromatic heterocycles. The lowest BCUT2D eigenvalue weighted by Crippen LogP contribution is -3.00. The molecule has 24 heavy (non-hydrogen) atoms. The van der Waals surface area contributed by atoms with E-state index < -0.39 is 0 Å². The summed E-state index contributed by atoms with van der Waals surface area (Å²) in [4.78, 5) is 2.46. The number of rotatable bonds is 7. The summed E-state index contributed by atoms with van der Waals surface area (Å²) in [7, 11) is 2.03. The van der Waals surface area contributed by atoms with Crippen LogP contribution >= 0.6 is 0 Å². The van der Waals surface area contributed by atoms with Crippen molar-refractivity contribution in [2.24, 2.45) is 7.05 Å². The van der Waals surface area contributed by atoms with Gasteiger partial charge in [-0.25, -0.2) is 4.57 Å². The molecule has 0 radical (unpaired) electrons. The molecule has 0 aliphatic carbocycles. The van der Waals surface area contributed by atoms with Gasteiger partial charge in [-0.2, -0.15) is 0 Å². The van der Waals surface area contributed by atoms with E-state index in [1.807, 2.05) is 11.6 Å². The van der Waals surface area contributed by atoms with Crippen molar-refractivity contribution in [3.05, 3.63) is 59.9 Å². The summed E-state index contributed by atoms with van der Waals surface area (Å²) in [6.45, 7) is 6.73. The lowest BCUT2D eigenvalue weighted by Gasteiger charge is -2.23. The number of pyridine rings is 1. The summed E-state index contributed by atoms with van der Waals surface area (Å²) < 4.78 is 2.04. The fourth-order valence-electron chi connectivity index (χ4n) is 2.52. The third kappa shape index (κ3) is 7.01. The Hall–Kier alpha value is -1.40. The maximum absolute atomic E-state index is 2.46. The van der Waals surface area contributed by atoms with Crippen molar-refractivity contribution in [2.45, 2.75) is 26.7 Å². The Morgan fingerprint density at radius 1 is 0.833 bits per heavy atom. The molecule has 0 spiro atoms. The number of hydrogen-bond acceptors (Lipinski definition) is 1. The maximum atomic E-state index is 2.46. The SMILES string of the molecule is CCCN(CCC)c1ccc(/C=C/c2cc[n+](C)cc2)cc1.O.[I-]. The van der Waals surface area contributed by atoms with E-state index in [1.54, 1.807) is 0 Å². The van der Waals surface area contributed by atoms with Crippen LogP contribution in [0.15, 0.2) is 48.8 Å². The van der Waals surface area contributed by atoms with Crippen LogP contribution in [-0.4, -0.2) is 18.6 Å². The first-order chi connectivity index (χ1) is 10.7. The van der Waals surface area contributed by atoms with Gasteiger partial charge in [-0.15, -0.1) is 0 Å². The molecule has 2 aromatic rings. The van der Waals surface area contributed by atoms with Gasteiger partial charge in [-0.05, 0) is 36.1 Å². The molecule has 0 saturated carbocycles. The van der Waals surface area contributed by atoms with Gasteiger partial charge in [-0.3, -0.25) is 0 Å². The van der Waals surface area contributed by atoms with Crippen LogP contribution in [0.1, 0.15) is 37.8 Å². The smallest absolute Gasteiger partial charge is 0.169 e. The van der Waals surface area contributed by atoms with Crippen molar-refractivity contribution < 1.29 is 34.0 Å². The molecule has 0 unspecified atom stereocenters. The molecule has 1 heterocycles. The molecule has 0 aliphatic heterocycles. The molecule has 0 fully saturated rings. The lowest BCUT2D eigenvalue weighted by molar-refractivity contribution is -0.671. The topological polar surface area (TPSA) is 38.6 Å². The Bertz CT molecular complexity index is 588. The second kappa shape index (κ2) is 12.0. The van der Waals surface area contributed by atoms with E-state index >= 15 is 0 Å². The molecule has 2 rings (SSSR count). The first-order valence-corrected chi connectivity index (χ1v) is 8.21. The predicted molar refractivity (Wildman–Crippen MR) is 99.4 cm³/mol.